The number of carboxylic acids is 1. The van der Waals surface area contributed by atoms with E-state index in [0.717, 1.165) is 0 Å². The highest BCUT2D eigenvalue weighted by molar-refractivity contribution is 5.89. The molecule has 0 atom stereocenters. The second-order valence-corrected chi connectivity index (χ2v) is 2.75. The maximum absolute atomic E-state index is 11.9. The van der Waals surface area contributed by atoms with E-state index in [4.69, 9.17) is 5.11 Å². The molecule has 0 aliphatic heterocycles. The molecule has 1 aromatic carbocycles. The molecule has 1 aromatic rings. The fourth-order valence-corrected chi connectivity index (χ4v) is 1.20. The van der Waals surface area contributed by atoms with Crippen molar-refractivity contribution in [2.75, 3.05) is 6.67 Å². The molecule has 0 radical (unpaired) electrons. The summed E-state index contributed by atoms with van der Waals surface area (Å²) in [7, 11) is 0. The van der Waals surface area contributed by atoms with E-state index in [2.05, 4.69) is 0 Å². The van der Waals surface area contributed by atoms with Crippen LogP contribution >= 0.6 is 0 Å². The molecule has 0 saturated heterocycles. The van der Waals surface area contributed by atoms with Gasteiger partial charge in [0.15, 0.2) is 0 Å². The van der Waals surface area contributed by atoms with Gasteiger partial charge in [0.25, 0.3) is 0 Å². The Morgan fingerprint density at radius 1 is 1.38 bits per heavy atom. The lowest BCUT2D eigenvalue weighted by Gasteiger charge is -2.03. The SMILES string of the molecule is O=C(O)c1ccccc1CCCF. The molecular weight excluding hydrogens is 171 g/mol. The second kappa shape index (κ2) is 4.60. The molecule has 0 aliphatic carbocycles. The molecule has 70 valence electrons. The molecule has 0 fully saturated rings. The summed E-state index contributed by atoms with van der Waals surface area (Å²) in [5, 5.41) is 8.77. The average Bonchev–Trinajstić information content (AvgIpc) is 2.15. The van der Waals surface area contributed by atoms with Gasteiger partial charge in [-0.2, -0.15) is 0 Å². The Morgan fingerprint density at radius 3 is 2.69 bits per heavy atom. The quantitative estimate of drug-likeness (QED) is 0.775. The van der Waals surface area contributed by atoms with Gasteiger partial charge in [-0.05, 0) is 24.5 Å². The molecule has 0 bridgehead atoms. The summed E-state index contributed by atoms with van der Waals surface area (Å²) in [5.41, 5.74) is 0.976. The first-order valence-electron chi connectivity index (χ1n) is 4.13. The fourth-order valence-electron chi connectivity index (χ4n) is 1.20. The van der Waals surface area contributed by atoms with Crippen LogP contribution in [0.3, 0.4) is 0 Å². The van der Waals surface area contributed by atoms with Gasteiger partial charge in [-0.25, -0.2) is 4.79 Å². The molecule has 0 saturated carbocycles. The van der Waals surface area contributed by atoms with E-state index >= 15 is 0 Å². The van der Waals surface area contributed by atoms with E-state index in [-0.39, 0.29) is 5.56 Å². The summed E-state index contributed by atoms with van der Waals surface area (Å²) in [6, 6.07) is 6.69. The van der Waals surface area contributed by atoms with Gasteiger partial charge in [0.05, 0.1) is 12.2 Å². The lowest BCUT2D eigenvalue weighted by Crippen LogP contribution is -2.02. The summed E-state index contributed by atoms with van der Waals surface area (Å²) in [6.45, 7) is -0.409. The van der Waals surface area contributed by atoms with E-state index in [9.17, 15) is 9.18 Å². The highest BCUT2D eigenvalue weighted by atomic mass is 19.1. The summed E-state index contributed by atoms with van der Waals surface area (Å²) in [4.78, 5) is 10.7. The van der Waals surface area contributed by atoms with Gasteiger partial charge in [0.2, 0.25) is 0 Å². The van der Waals surface area contributed by atoms with Crippen molar-refractivity contribution in [3.8, 4) is 0 Å². The molecule has 13 heavy (non-hydrogen) atoms. The van der Waals surface area contributed by atoms with Crippen LogP contribution in [0.1, 0.15) is 22.3 Å². The third-order valence-corrected chi connectivity index (χ3v) is 1.83. The zero-order valence-corrected chi connectivity index (χ0v) is 7.16. The van der Waals surface area contributed by atoms with E-state index in [1.165, 1.54) is 6.07 Å². The molecule has 2 nitrogen and oxygen atoms in total. The van der Waals surface area contributed by atoms with Gasteiger partial charge >= 0.3 is 5.97 Å². The highest BCUT2D eigenvalue weighted by Crippen LogP contribution is 2.10. The van der Waals surface area contributed by atoms with Crippen LogP contribution in [0.15, 0.2) is 24.3 Å². The number of aromatic carboxylic acids is 1. The Kier molecular flexibility index (Phi) is 3.43. The number of hydrogen-bond acceptors (Lipinski definition) is 1. The number of halogens is 1. The van der Waals surface area contributed by atoms with E-state index in [1.807, 2.05) is 0 Å². The number of hydrogen-bond donors (Lipinski definition) is 1. The van der Waals surface area contributed by atoms with Crippen LogP contribution in [0.2, 0.25) is 0 Å². The Bertz CT molecular complexity index is 297. The molecule has 1 N–H and O–H groups in total. The molecule has 0 amide bonds. The normalized spacial score (nSPS) is 9.92. The summed E-state index contributed by atoms with van der Waals surface area (Å²) < 4.78 is 11.9. The van der Waals surface area contributed by atoms with Crippen molar-refractivity contribution < 1.29 is 14.3 Å². The maximum Gasteiger partial charge on any atom is 0.335 e. The van der Waals surface area contributed by atoms with Gasteiger partial charge in [0.1, 0.15) is 0 Å². The molecule has 0 spiro atoms. The van der Waals surface area contributed by atoms with E-state index in [0.29, 0.717) is 18.4 Å². The van der Waals surface area contributed by atoms with Crippen LogP contribution in [0.25, 0.3) is 0 Å². The zero-order chi connectivity index (χ0) is 9.68. The number of carboxylic acid groups (broad SMARTS) is 1. The van der Waals surface area contributed by atoms with Gasteiger partial charge in [-0.3, -0.25) is 4.39 Å². The maximum atomic E-state index is 11.9. The molecular formula is C10H11FO2. The fraction of sp³-hybridized carbons (Fsp3) is 0.300. The van der Waals surface area contributed by atoms with Crippen LogP contribution in [0.4, 0.5) is 4.39 Å². The topological polar surface area (TPSA) is 37.3 Å². The Balaban J connectivity index is 2.84. The summed E-state index contributed by atoms with van der Waals surface area (Å²) in [5.74, 6) is -0.950. The molecule has 3 heteroatoms. The third kappa shape index (κ3) is 2.54. The minimum atomic E-state index is -0.950. The molecule has 0 aromatic heterocycles. The van der Waals surface area contributed by atoms with Crippen molar-refractivity contribution in [1.82, 2.24) is 0 Å². The predicted molar refractivity (Wildman–Crippen MR) is 47.7 cm³/mol. The van der Waals surface area contributed by atoms with Gasteiger partial charge in [-0.1, -0.05) is 18.2 Å². The van der Waals surface area contributed by atoms with E-state index in [1.54, 1.807) is 18.2 Å². The lowest BCUT2D eigenvalue weighted by atomic mass is 10.0. The molecule has 0 unspecified atom stereocenters. The Morgan fingerprint density at radius 2 is 2.08 bits per heavy atom. The highest BCUT2D eigenvalue weighted by Gasteiger charge is 2.07. The van der Waals surface area contributed by atoms with Crippen LogP contribution in [-0.4, -0.2) is 17.8 Å². The van der Waals surface area contributed by atoms with E-state index < -0.39 is 12.6 Å². The molecule has 0 heterocycles. The Labute approximate surface area is 76.0 Å². The lowest BCUT2D eigenvalue weighted by molar-refractivity contribution is 0.0695. The van der Waals surface area contributed by atoms with Gasteiger partial charge in [0, 0.05) is 0 Å². The van der Waals surface area contributed by atoms with Gasteiger partial charge < -0.3 is 5.11 Å². The number of carbonyl (C=O) groups is 1. The number of alkyl halides is 1. The van der Waals surface area contributed by atoms with Gasteiger partial charge in [-0.15, -0.1) is 0 Å². The monoisotopic (exact) mass is 182 g/mol. The largest absolute Gasteiger partial charge is 0.478 e. The van der Waals surface area contributed by atoms with Crippen molar-refractivity contribution in [3.63, 3.8) is 0 Å². The smallest absolute Gasteiger partial charge is 0.335 e. The van der Waals surface area contributed by atoms with Crippen molar-refractivity contribution in [2.45, 2.75) is 12.8 Å². The average molecular weight is 182 g/mol. The number of benzene rings is 1. The first kappa shape index (κ1) is 9.71. The van der Waals surface area contributed by atoms with Crippen molar-refractivity contribution in [2.24, 2.45) is 0 Å². The minimum Gasteiger partial charge on any atom is -0.478 e. The minimum absolute atomic E-state index is 0.274. The third-order valence-electron chi connectivity index (χ3n) is 1.83. The summed E-state index contributed by atoms with van der Waals surface area (Å²) >= 11 is 0. The molecule has 1 rings (SSSR count). The van der Waals surface area contributed by atoms with Crippen LogP contribution in [0, 0.1) is 0 Å². The Hall–Kier alpha value is -1.38. The van der Waals surface area contributed by atoms with Crippen LogP contribution in [0.5, 0.6) is 0 Å². The predicted octanol–water partition coefficient (Wildman–Crippen LogP) is 2.29. The number of rotatable bonds is 4. The molecule has 0 aliphatic rings. The first-order valence-corrected chi connectivity index (χ1v) is 4.13. The van der Waals surface area contributed by atoms with Crippen LogP contribution in [-0.2, 0) is 6.42 Å². The standard InChI is InChI=1S/C10H11FO2/c11-7-3-5-8-4-1-2-6-9(8)10(12)13/h1-2,4,6H,3,5,7H2,(H,12,13). The van der Waals surface area contributed by atoms with Crippen molar-refractivity contribution in [3.05, 3.63) is 35.4 Å². The summed E-state index contributed by atoms with van der Waals surface area (Å²) in [6.07, 6.45) is 0.864. The van der Waals surface area contributed by atoms with Crippen molar-refractivity contribution >= 4 is 5.97 Å². The van der Waals surface area contributed by atoms with Crippen molar-refractivity contribution in [1.29, 1.82) is 0 Å². The second-order valence-electron chi connectivity index (χ2n) is 2.75. The van der Waals surface area contributed by atoms with Crippen LogP contribution < -0.4 is 0 Å². The number of aryl methyl sites for hydroxylation is 1. The first-order chi connectivity index (χ1) is 6.25. The zero-order valence-electron chi connectivity index (χ0n) is 7.16.